The van der Waals surface area contributed by atoms with Gasteiger partial charge in [-0.05, 0) is 26.0 Å². The van der Waals surface area contributed by atoms with Crippen molar-refractivity contribution in [3.63, 3.8) is 0 Å². The number of hydrogen-bond donors (Lipinski definition) is 1. The summed E-state index contributed by atoms with van der Waals surface area (Å²) >= 11 is 0. The maximum Gasteiger partial charge on any atom is 0.162 e. The summed E-state index contributed by atoms with van der Waals surface area (Å²) in [5.74, 6) is 1.63. The second-order valence-electron chi connectivity index (χ2n) is 4.43. The first-order valence-electron chi connectivity index (χ1n) is 6.30. The molecule has 2 rings (SSSR count). The highest BCUT2D eigenvalue weighted by Crippen LogP contribution is 2.19. The van der Waals surface area contributed by atoms with Crippen LogP contribution in [0.15, 0.2) is 30.5 Å². The Morgan fingerprint density at radius 3 is 2.84 bits per heavy atom. The van der Waals surface area contributed by atoms with Gasteiger partial charge in [-0.2, -0.15) is 0 Å². The Bertz CT molecular complexity index is 608. The average Bonchev–Trinajstić information content (AvgIpc) is 2.42. The largest absolute Gasteiger partial charge is 0.340 e. The molecule has 1 aromatic heterocycles. The third-order valence-electron chi connectivity index (χ3n) is 2.86. The lowest BCUT2D eigenvalue weighted by atomic mass is 10.1. The highest BCUT2D eigenvalue weighted by atomic mass is 16.1. The van der Waals surface area contributed by atoms with Gasteiger partial charge in [0.15, 0.2) is 5.78 Å². The van der Waals surface area contributed by atoms with Crippen LogP contribution in [0.4, 0.5) is 11.5 Å². The summed E-state index contributed by atoms with van der Waals surface area (Å²) in [6.07, 6.45) is 2.29. The molecule has 0 spiro atoms. The van der Waals surface area contributed by atoms with Crippen LogP contribution < -0.4 is 5.32 Å². The molecule has 0 saturated carbocycles. The maximum absolute atomic E-state index is 11.7. The molecular weight excluding hydrogens is 238 g/mol. The third kappa shape index (κ3) is 3.16. The minimum atomic E-state index is 0.138. The van der Waals surface area contributed by atoms with Gasteiger partial charge in [0.25, 0.3) is 0 Å². The number of carbonyl (C=O) groups is 1. The van der Waals surface area contributed by atoms with Gasteiger partial charge in [0.05, 0.1) is 0 Å². The van der Waals surface area contributed by atoms with Crippen molar-refractivity contribution in [2.75, 3.05) is 5.32 Å². The van der Waals surface area contributed by atoms with E-state index in [1.165, 1.54) is 0 Å². The van der Waals surface area contributed by atoms with Gasteiger partial charge in [-0.3, -0.25) is 4.79 Å². The minimum Gasteiger partial charge on any atom is -0.340 e. The SMILES string of the molecule is CCC(=O)c1cccc(Nc2nc(C)ncc2C)c1. The molecule has 98 valence electrons. The van der Waals surface area contributed by atoms with Crippen molar-refractivity contribution in [1.82, 2.24) is 9.97 Å². The first-order chi connectivity index (χ1) is 9.10. The van der Waals surface area contributed by atoms with E-state index in [1.807, 2.05) is 45.0 Å². The summed E-state index contributed by atoms with van der Waals surface area (Å²) < 4.78 is 0. The molecule has 0 aliphatic heterocycles. The fraction of sp³-hybridized carbons (Fsp3) is 0.267. The molecule has 0 amide bonds. The zero-order chi connectivity index (χ0) is 13.8. The summed E-state index contributed by atoms with van der Waals surface area (Å²) in [6.45, 7) is 5.66. The number of benzene rings is 1. The first-order valence-corrected chi connectivity index (χ1v) is 6.30. The van der Waals surface area contributed by atoms with Gasteiger partial charge in [0.2, 0.25) is 0 Å². The number of aromatic nitrogens is 2. The average molecular weight is 255 g/mol. The summed E-state index contributed by atoms with van der Waals surface area (Å²) in [5, 5.41) is 3.23. The third-order valence-corrected chi connectivity index (χ3v) is 2.86. The van der Waals surface area contributed by atoms with Crippen molar-refractivity contribution in [2.45, 2.75) is 27.2 Å². The summed E-state index contributed by atoms with van der Waals surface area (Å²) in [7, 11) is 0. The van der Waals surface area contributed by atoms with Crippen LogP contribution in [0.1, 0.15) is 35.1 Å². The van der Waals surface area contributed by atoms with Gasteiger partial charge in [-0.15, -0.1) is 0 Å². The van der Waals surface area contributed by atoms with Crippen molar-refractivity contribution in [3.8, 4) is 0 Å². The smallest absolute Gasteiger partial charge is 0.162 e. The molecule has 1 heterocycles. The summed E-state index contributed by atoms with van der Waals surface area (Å²) in [5.41, 5.74) is 2.55. The van der Waals surface area contributed by atoms with Gasteiger partial charge >= 0.3 is 0 Å². The van der Waals surface area contributed by atoms with Crippen LogP contribution in [-0.2, 0) is 0 Å². The number of ketones is 1. The summed E-state index contributed by atoms with van der Waals surface area (Å²) in [4.78, 5) is 20.2. The van der Waals surface area contributed by atoms with Crippen molar-refractivity contribution < 1.29 is 4.79 Å². The Hall–Kier alpha value is -2.23. The molecule has 0 aliphatic rings. The lowest BCUT2D eigenvalue weighted by molar-refractivity contribution is 0.0988. The number of nitrogens with zero attached hydrogens (tertiary/aromatic N) is 2. The van der Waals surface area contributed by atoms with Gasteiger partial charge < -0.3 is 5.32 Å². The zero-order valence-electron chi connectivity index (χ0n) is 11.4. The number of anilines is 2. The van der Waals surface area contributed by atoms with E-state index in [0.29, 0.717) is 12.2 Å². The van der Waals surface area contributed by atoms with Crippen molar-refractivity contribution in [3.05, 3.63) is 47.4 Å². The fourth-order valence-electron chi connectivity index (χ4n) is 1.77. The van der Waals surface area contributed by atoms with E-state index in [0.717, 1.165) is 22.6 Å². The number of hydrogen-bond acceptors (Lipinski definition) is 4. The van der Waals surface area contributed by atoms with Gasteiger partial charge in [-0.1, -0.05) is 19.1 Å². The number of aryl methyl sites for hydroxylation is 2. The second kappa shape index (κ2) is 5.61. The number of nitrogens with one attached hydrogen (secondary N) is 1. The number of rotatable bonds is 4. The summed E-state index contributed by atoms with van der Waals surface area (Å²) in [6, 6.07) is 7.47. The molecule has 19 heavy (non-hydrogen) atoms. The predicted molar refractivity (Wildman–Crippen MR) is 75.9 cm³/mol. The molecule has 0 bridgehead atoms. The number of carbonyl (C=O) groups excluding carboxylic acids is 1. The highest BCUT2D eigenvalue weighted by Gasteiger charge is 2.06. The van der Waals surface area contributed by atoms with Crippen LogP contribution in [0.5, 0.6) is 0 Å². The van der Waals surface area contributed by atoms with Crippen LogP contribution in [-0.4, -0.2) is 15.8 Å². The second-order valence-corrected chi connectivity index (χ2v) is 4.43. The quantitative estimate of drug-likeness (QED) is 0.850. The van der Waals surface area contributed by atoms with Gasteiger partial charge in [-0.25, -0.2) is 9.97 Å². The zero-order valence-corrected chi connectivity index (χ0v) is 11.4. The lowest BCUT2D eigenvalue weighted by Gasteiger charge is -2.09. The predicted octanol–water partition coefficient (Wildman–Crippen LogP) is 3.43. The van der Waals surface area contributed by atoms with Crippen LogP contribution in [0, 0.1) is 13.8 Å². The topological polar surface area (TPSA) is 54.9 Å². The van der Waals surface area contributed by atoms with E-state index < -0.39 is 0 Å². The monoisotopic (exact) mass is 255 g/mol. The van der Waals surface area contributed by atoms with E-state index in [9.17, 15) is 4.79 Å². The maximum atomic E-state index is 11.7. The molecule has 4 nitrogen and oxygen atoms in total. The molecule has 0 saturated heterocycles. The molecule has 1 N–H and O–H groups in total. The van der Waals surface area contributed by atoms with E-state index in [-0.39, 0.29) is 5.78 Å². The van der Waals surface area contributed by atoms with Crippen LogP contribution in [0.3, 0.4) is 0 Å². The molecule has 0 aliphatic carbocycles. The van der Waals surface area contributed by atoms with Crippen LogP contribution in [0.25, 0.3) is 0 Å². The molecule has 0 atom stereocenters. The van der Waals surface area contributed by atoms with E-state index >= 15 is 0 Å². The van der Waals surface area contributed by atoms with E-state index in [4.69, 9.17) is 0 Å². The molecule has 0 fully saturated rings. The Morgan fingerprint density at radius 1 is 1.32 bits per heavy atom. The molecular formula is C15H17N3O. The van der Waals surface area contributed by atoms with E-state index in [1.54, 1.807) is 6.20 Å². The lowest BCUT2D eigenvalue weighted by Crippen LogP contribution is -2.01. The molecule has 0 unspecified atom stereocenters. The fourth-order valence-corrected chi connectivity index (χ4v) is 1.77. The minimum absolute atomic E-state index is 0.138. The van der Waals surface area contributed by atoms with Gasteiger partial charge in [0.1, 0.15) is 11.6 Å². The van der Waals surface area contributed by atoms with Crippen molar-refractivity contribution in [1.29, 1.82) is 0 Å². The van der Waals surface area contributed by atoms with Crippen molar-refractivity contribution >= 4 is 17.3 Å². The van der Waals surface area contributed by atoms with Gasteiger partial charge in [0, 0.05) is 29.4 Å². The Kier molecular flexibility index (Phi) is 3.90. The Balaban J connectivity index is 2.28. The number of Topliss-reactive ketones (excluding diaryl/α,β-unsaturated/α-hetero) is 1. The Morgan fingerprint density at radius 2 is 2.11 bits per heavy atom. The van der Waals surface area contributed by atoms with Crippen LogP contribution in [0.2, 0.25) is 0 Å². The first kappa shape index (κ1) is 13.2. The molecule has 4 heteroatoms. The molecule has 0 radical (unpaired) electrons. The highest BCUT2D eigenvalue weighted by molar-refractivity contribution is 5.96. The normalized spacial score (nSPS) is 10.3. The van der Waals surface area contributed by atoms with Crippen LogP contribution >= 0.6 is 0 Å². The van der Waals surface area contributed by atoms with Crippen molar-refractivity contribution in [2.24, 2.45) is 0 Å². The Labute approximate surface area is 112 Å². The molecule has 2 aromatic rings. The standard InChI is InChI=1S/C15H17N3O/c1-4-14(19)12-6-5-7-13(8-12)18-15-10(2)9-16-11(3)17-15/h5-9H,4H2,1-3H3,(H,16,17,18). The molecule has 1 aromatic carbocycles. The van der Waals surface area contributed by atoms with E-state index in [2.05, 4.69) is 15.3 Å².